The van der Waals surface area contributed by atoms with Crippen LogP contribution in [0.25, 0.3) is 0 Å². The van der Waals surface area contributed by atoms with E-state index in [0.717, 1.165) is 32.5 Å². The number of ether oxygens (including phenoxy) is 1. The van der Waals surface area contributed by atoms with Crippen LogP contribution in [0.1, 0.15) is 46.0 Å². The Bertz CT molecular complexity index is 240. The lowest BCUT2D eigenvalue weighted by Gasteiger charge is -2.26. The van der Waals surface area contributed by atoms with Gasteiger partial charge in [0.2, 0.25) is 5.91 Å². The quantitative estimate of drug-likeness (QED) is 0.720. The van der Waals surface area contributed by atoms with Gasteiger partial charge in [0.1, 0.15) is 0 Å². The predicted octanol–water partition coefficient (Wildman–Crippen LogP) is 1.79. The lowest BCUT2D eigenvalue weighted by molar-refractivity contribution is -0.132. The van der Waals surface area contributed by atoms with E-state index in [4.69, 9.17) is 4.74 Å². The minimum absolute atomic E-state index is 0.169. The Morgan fingerprint density at radius 3 is 2.89 bits per heavy atom. The fourth-order valence-corrected chi connectivity index (χ4v) is 2.37. The van der Waals surface area contributed by atoms with E-state index < -0.39 is 0 Å². The van der Waals surface area contributed by atoms with Crippen molar-refractivity contribution in [1.29, 1.82) is 0 Å². The number of nitrogens with zero attached hydrogens (tertiary/aromatic N) is 1. The first-order chi connectivity index (χ1) is 8.67. The summed E-state index contributed by atoms with van der Waals surface area (Å²) in [5, 5.41) is 3.46. The highest BCUT2D eigenvalue weighted by Crippen LogP contribution is 2.10. The summed E-state index contributed by atoms with van der Waals surface area (Å²) in [6.45, 7) is 6.97. The Labute approximate surface area is 111 Å². The maximum Gasteiger partial charge on any atom is 0.222 e. The zero-order chi connectivity index (χ0) is 13.4. The second-order valence-corrected chi connectivity index (χ2v) is 5.22. The van der Waals surface area contributed by atoms with E-state index in [9.17, 15) is 4.79 Å². The second kappa shape index (κ2) is 8.48. The predicted molar refractivity (Wildman–Crippen MR) is 73.6 cm³/mol. The van der Waals surface area contributed by atoms with Gasteiger partial charge in [0.25, 0.3) is 0 Å². The van der Waals surface area contributed by atoms with Gasteiger partial charge in [0, 0.05) is 32.7 Å². The Morgan fingerprint density at radius 1 is 1.56 bits per heavy atom. The van der Waals surface area contributed by atoms with Crippen molar-refractivity contribution < 1.29 is 9.53 Å². The molecule has 1 saturated heterocycles. The van der Waals surface area contributed by atoms with Crippen LogP contribution < -0.4 is 5.32 Å². The van der Waals surface area contributed by atoms with Gasteiger partial charge in [0.15, 0.2) is 0 Å². The second-order valence-electron chi connectivity index (χ2n) is 5.22. The monoisotopic (exact) mass is 256 g/mol. The zero-order valence-electron chi connectivity index (χ0n) is 12.1. The molecule has 0 spiro atoms. The van der Waals surface area contributed by atoms with Gasteiger partial charge in [-0.2, -0.15) is 0 Å². The first kappa shape index (κ1) is 15.4. The molecule has 2 unspecified atom stereocenters. The summed E-state index contributed by atoms with van der Waals surface area (Å²) >= 11 is 0. The molecule has 1 aliphatic rings. The molecule has 1 amide bonds. The Kier molecular flexibility index (Phi) is 7.28. The highest BCUT2D eigenvalue weighted by atomic mass is 16.5. The van der Waals surface area contributed by atoms with Crippen molar-refractivity contribution in [2.75, 3.05) is 26.7 Å². The summed E-state index contributed by atoms with van der Waals surface area (Å²) in [7, 11) is 1.70. The normalized spacial score (nSPS) is 20.9. The van der Waals surface area contributed by atoms with Gasteiger partial charge < -0.3 is 15.0 Å². The molecule has 0 aromatic rings. The first-order valence-corrected chi connectivity index (χ1v) is 7.21. The standard InChI is InChI=1S/C14H28N2O2/c1-4-10-16(11-13-6-5-9-15-13)14(17)8-7-12(2)18-3/h12-13,15H,4-11H2,1-3H3. The van der Waals surface area contributed by atoms with Crippen molar-refractivity contribution in [3.8, 4) is 0 Å². The van der Waals surface area contributed by atoms with Crippen LogP contribution in [0, 0.1) is 0 Å². The van der Waals surface area contributed by atoms with Crippen LogP contribution in [0.2, 0.25) is 0 Å². The van der Waals surface area contributed by atoms with E-state index in [1.165, 1.54) is 12.8 Å². The average molecular weight is 256 g/mol. The molecule has 0 aliphatic carbocycles. The molecule has 18 heavy (non-hydrogen) atoms. The maximum atomic E-state index is 12.2. The van der Waals surface area contributed by atoms with Gasteiger partial charge in [-0.3, -0.25) is 4.79 Å². The molecule has 4 nitrogen and oxygen atoms in total. The molecule has 2 atom stereocenters. The van der Waals surface area contributed by atoms with Crippen molar-refractivity contribution in [1.82, 2.24) is 10.2 Å². The van der Waals surface area contributed by atoms with Gasteiger partial charge >= 0.3 is 0 Å². The third-order valence-electron chi connectivity index (χ3n) is 3.62. The third-order valence-corrected chi connectivity index (χ3v) is 3.62. The fourth-order valence-electron chi connectivity index (χ4n) is 2.37. The van der Waals surface area contributed by atoms with Crippen LogP contribution in [0.15, 0.2) is 0 Å². The number of carbonyl (C=O) groups is 1. The fraction of sp³-hybridized carbons (Fsp3) is 0.929. The molecule has 0 saturated carbocycles. The summed E-state index contributed by atoms with van der Waals surface area (Å²) in [5.41, 5.74) is 0. The Hall–Kier alpha value is -0.610. The van der Waals surface area contributed by atoms with Crippen molar-refractivity contribution >= 4 is 5.91 Å². The summed E-state index contributed by atoms with van der Waals surface area (Å²) in [4.78, 5) is 14.2. The molecule has 1 rings (SSSR count). The molecule has 0 aromatic heterocycles. The topological polar surface area (TPSA) is 41.6 Å². The van der Waals surface area contributed by atoms with Crippen LogP contribution in [0.4, 0.5) is 0 Å². The van der Waals surface area contributed by atoms with E-state index in [-0.39, 0.29) is 12.0 Å². The van der Waals surface area contributed by atoms with Gasteiger partial charge in [-0.05, 0) is 39.2 Å². The summed E-state index contributed by atoms with van der Waals surface area (Å²) in [5.74, 6) is 0.273. The number of amides is 1. The van der Waals surface area contributed by atoms with Crippen molar-refractivity contribution in [2.24, 2.45) is 0 Å². The van der Waals surface area contributed by atoms with Gasteiger partial charge in [-0.15, -0.1) is 0 Å². The zero-order valence-corrected chi connectivity index (χ0v) is 12.1. The molecule has 1 fully saturated rings. The van der Waals surface area contributed by atoms with Crippen molar-refractivity contribution in [2.45, 2.75) is 58.1 Å². The van der Waals surface area contributed by atoms with E-state index in [1.54, 1.807) is 7.11 Å². The molecule has 1 N–H and O–H groups in total. The Morgan fingerprint density at radius 2 is 2.33 bits per heavy atom. The number of rotatable bonds is 8. The number of nitrogens with one attached hydrogen (secondary N) is 1. The minimum atomic E-state index is 0.169. The van der Waals surface area contributed by atoms with E-state index in [2.05, 4.69) is 12.2 Å². The molecular weight excluding hydrogens is 228 g/mol. The molecule has 0 radical (unpaired) electrons. The van der Waals surface area contributed by atoms with Crippen LogP contribution in [-0.4, -0.2) is 49.7 Å². The number of carbonyl (C=O) groups excluding carboxylic acids is 1. The molecule has 106 valence electrons. The van der Waals surface area contributed by atoms with E-state index >= 15 is 0 Å². The van der Waals surface area contributed by atoms with Gasteiger partial charge in [0.05, 0.1) is 6.10 Å². The molecule has 0 bridgehead atoms. The highest BCUT2D eigenvalue weighted by Gasteiger charge is 2.21. The lowest BCUT2D eigenvalue weighted by atomic mass is 10.1. The summed E-state index contributed by atoms with van der Waals surface area (Å²) in [6.07, 6.45) is 5.04. The smallest absolute Gasteiger partial charge is 0.222 e. The number of hydrogen-bond acceptors (Lipinski definition) is 3. The lowest BCUT2D eigenvalue weighted by Crippen LogP contribution is -2.41. The van der Waals surface area contributed by atoms with Crippen LogP contribution in [0.3, 0.4) is 0 Å². The largest absolute Gasteiger partial charge is 0.382 e. The van der Waals surface area contributed by atoms with Crippen LogP contribution in [0.5, 0.6) is 0 Å². The molecule has 4 heteroatoms. The van der Waals surface area contributed by atoms with E-state index in [1.807, 2.05) is 11.8 Å². The molecule has 1 aliphatic heterocycles. The first-order valence-electron chi connectivity index (χ1n) is 7.21. The van der Waals surface area contributed by atoms with Gasteiger partial charge in [-0.25, -0.2) is 0 Å². The van der Waals surface area contributed by atoms with Crippen molar-refractivity contribution in [3.63, 3.8) is 0 Å². The van der Waals surface area contributed by atoms with Gasteiger partial charge in [-0.1, -0.05) is 6.92 Å². The summed E-state index contributed by atoms with van der Waals surface area (Å²) < 4.78 is 5.19. The van der Waals surface area contributed by atoms with Crippen LogP contribution in [-0.2, 0) is 9.53 Å². The van der Waals surface area contributed by atoms with Crippen molar-refractivity contribution in [3.05, 3.63) is 0 Å². The molecular formula is C14H28N2O2. The maximum absolute atomic E-state index is 12.2. The number of methoxy groups -OCH3 is 1. The average Bonchev–Trinajstić information content (AvgIpc) is 2.87. The van der Waals surface area contributed by atoms with Crippen LogP contribution >= 0.6 is 0 Å². The molecule has 0 aromatic carbocycles. The number of hydrogen-bond donors (Lipinski definition) is 1. The SMILES string of the molecule is CCCN(CC1CCCN1)C(=O)CCC(C)OC. The third kappa shape index (κ3) is 5.36. The highest BCUT2D eigenvalue weighted by molar-refractivity contribution is 5.76. The molecule has 1 heterocycles. The minimum Gasteiger partial charge on any atom is -0.382 e. The Balaban J connectivity index is 2.36. The summed E-state index contributed by atoms with van der Waals surface area (Å²) in [6, 6.07) is 0.500. The van der Waals surface area contributed by atoms with E-state index in [0.29, 0.717) is 12.5 Å².